The molecule has 0 fully saturated rings. The van der Waals surface area contributed by atoms with Gasteiger partial charge in [0.05, 0.1) is 5.69 Å². The highest BCUT2D eigenvalue weighted by Gasteiger charge is 2.01. The Hall–Kier alpha value is -1.19. The number of thioether (sulfide) groups is 1. The summed E-state index contributed by atoms with van der Waals surface area (Å²) in [5.41, 5.74) is 0.455. The maximum atomic E-state index is 13.4. The molecule has 0 aliphatic carbocycles. The lowest BCUT2D eigenvalue weighted by molar-refractivity contribution is 0.630. The second-order valence-electron chi connectivity index (χ2n) is 3.71. The molecule has 1 N–H and O–H groups in total. The van der Waals surface area contributed by atoms with E-state index in [1.54, 1.807) is 23.9 Å². The molecule has 0 aliphatic rings. The van der Waals surface area contributed by atoms with Crippen LogP contribution in [0.2, 0.25) is 5.02 Å². The van der Waals surface area contributed by atoms with Crippen LogP contribution in [0.25, 0.3) is 0 Å². The Morgan fingerprint density at radius 3 is 2.67 bits per heavy atom. The summed E-state index contributed by atoms with van der Waals surface area (Å²) in [6.07, 6.45) is 0. The Balaban J connectivity index is 1.80. The fourth-order valence-electron chi connectivity index (χ4n) is 1.50. The molecule has 18 heavy (non-hydrogen) atoms. The zero-order chi connectivity index (χ0) is 12.8. The second kappa shape index (κ2) is 6.66. The van der Waals surface area contributed by atoms with E-state index >= 15 is 0 Å². The Morgan fingerprint density at radius 1 is 1.11 bits per heavy atom. The van der Waals surface area contributed by atoms with Gasteiger partial charge in [-0.05, 0) is 30.3 Å². The lowest BCUT2D eigenvalue weighted by Crippen LogP contribution is -2.05. The first-order valence-electron chi connectivity index (χ1n) is 5.62. The molecule has 0 unspecified atom stereocenters. The average molecular weight is 282 g/mol. The van der Waals surface area contributed by atoms with E-state index in [1.165, 1.54) is 11.0 Å². The molecule has 2 aromatic rings. The number of hydrogen-bond acceptors (Lipinski definition) is 2. The lowest BCUT2D eigenvalue weighted by atomic mass is 10.3. The van der Waals surface area contributed by atoms with Crippen molar-refractivity contribution in [1.82, 2.24) is 0 Å². The first kappa shape index (κ1) is 13.2. The topological polar surface area (TPSA) is 12.0 Å². The standard InChI is InChI=1S/C14H13ClFNS/c15-11-6-7-13(16)14(10-11)17-8-9-18-12-4-2-1-3-5-12/h1-7,10,17H,8-9H2. The average Bonchev–Trinajstić information content (AvgIpc) is 2.40. The van der Waals surface area contributed by atoms with Crippen LogP contribution in [0.5, 0.6) is 0 Å². The van der Waals surface area contributed by atoms with Gasteiger partial charge in [-0.1, -0.05) is 29.8 Å². The van der Waals surface area contributed by atoms with Gasteiger partial charge in [0.1, 0.15) is 5.82 Å². The third-order valence-electron chi connectivity index (χ3n) is 2.36. The van der Waals surface area contributed by atoms with Crippen LogP contribution >= 0.6 is 23.4 Å². The van der Waals surface area contributed by atoms with Crippen molar-refractivity contribution in [2.75, 3.05) is 17.6 Å². The summed E-state index contributed by atoms with van der Waals surface area (Å²) in [6.45, 7) is 0.691. The molecule has 4 heteroatoms. The summed E-state index contributed by atoms with van der Waals surface area (Å²) in [4.78, 5) is 1.21. The van der Waals surface area contributed by atoms with Crippen LogP contribution in [-0.2, 0) is 0 Å². The van der Waals surface area contributed by atoms with Gasteiger partial charge in [0.25, 0.3) is 0 Å². The largest absolute Gasteiger partial charge is 0.382 e. The highest BCUT2D eigenvalue weighted by atomic mass is 35.5. The van der Waals surface area contributed by atoms with Crippen LogP contribution in [0.15, 0.2) is 53.4 Å². The maximum absolute atomic E-state index is 13.4. The molecule has 1 nitrogen and oxygen atoms in total. The highest BCUT2D eigenvalue weighted by Crippen LogP contribution is 2.20. The van der Waals surface area contributed by atoms with Gasteiger partial charge >= 0.3 is 0 Å². The van der Waals surface area contributed by atoms with Gasteiger partial charge in [-0.25, -0.2) is 4.39 Å². The molecule has 0 saturated heterocycles. The number of benzene rings is 2. The van der Waals surface area contributed by atoms with Crippen LogP contribution in [0.1, 0.15) is 0 Å². The van der Waals surface area contributed by atoms with Gasteiger partial charge in [0, 0.05) is 22.2 Å². The Morgan fingerprint density at radius 2 is 1.89 bits per heavy atom. The van der Waals surface area contributed by atoms with Crippen molar-refractivity contribution in [2.45, 2.75) is 4.90 Å². The quantitative estimate of drug-likeness (QED) is 0.631. The van der Waals surface area contributed by atoms with Gasteiger partial charge in [-0.2, -0.15) is 0 Å². The molecule has 0 heterocycles. The van der Waals surface area contributed by atoms with Crippen LogP contribution in [-0.4, -0.2) is 12.3 Å². The van der Waals surface area contributed by atoms with Crippen molar-refractivity contribution in [1.29, 1.82) is 0 Å². The monoisotopic (exact) mass is 281 g/mol. The number of hydrogen-bond donors (Lipinski definition) is 1. The molecule has 0 atom stereocenters. The van der Waals surface area contributed by atoms with E-state index in [9.17, 15) is 4.39 Å². The number of rotatable bonds is 5. The minimum Gasteiger partial charge on any atom is -0.382 e. The third kappa shape index (κ3) is 3.93. The van der Waals surface area contributed by atoms with E-state index in [-0.39, 0.29) is 5.82 Å². The van der Waals surface area contributed by atoms with Gasteiger partial charge in [-0.3, -0.25) is 0 Å². The molecule has 0 saturated carbocycles. The first-order valence-corrected chi connectivity index (χ1v) is 6.99. The Bertz CT molecular complexity index is 504. The van der Waals surface area contributed by atoms with E-state index in [1.807, 2.05) is 18.2 Å². The summed E-state index contributed by atoms with van der Waals surface area (Å²) in [5, 5.41) is 3.58. The van der Waals surface area contributed by atoms with Crippen molar-refractivity contribution >= 4 is 29.1 Å². The number of anilines is 1. The van der Waals surface area contributed by atoms with Crippen molar-refractivity contribution in [3.8, 4) is 0 Å². The smallest absolute Gasteiger partial charge is 0.146 e. The van der Waals surface area contributed by atoms with Gasteiger partial charge < -0.3 is 5.32 Å². The van der Waals surface area contributed by atoms with E-state index in [0.717, 1.165) is 5.75 Å². The van der Waals surface area contributed by atoms with Crippen LogP contribution < -0.4 is 5.32 Å². The van der Waals surface area contributed by atoms with Crippen LogP contribution in [0, 0.1) is 5.82 Å². The highest BCUT2D eigenvalue weighted by molar-refractivity contribution is 7.99. The minimum absolute atomic E-state index is 0.274. The fraction of sp³-hybridized carbons (Fsp3) is 0.143. The van der Waals surface area contributed by atoms with Crippen molar-refractivity contribution < 1.29 is 4.39 Å². The van der Waals surface area contributed by atoms with Crippen molar-refractivity contribution in [3.63, 3.8) is 0 Å². The SMILES string of the molecule is Fc1ccc(Cl)cc1NCCSc1ccccc1. The summed E-state index contributed by atoms with van der Waals surface area (Å²) < 4.78 is 13.4. The van der Waals surface area contributed by atoms with Gasteiger partial charge in [0.15, 0.2) is 0 Å². The molecule has 0 spiro atoms. The molecule has 94 valence electrons. The van der Waals surface area contributed by atoms with Gasteiger partial charge in [-0.15, -0.1) is 11.8 Å². The van der Waals surface area contributed by atoms with Crippen LogP contribution in [0.4, 0.5) is 10.1 Å². The van der Waals surface area contributed by atoms with Crippen LogP contribution in [0.3, 0.4) is 0 Å². The second-order valence-corrected chi connectivity index (χ2v) is 5.32. The molecular weight excluding hydrogens is 269 g/mol. The zero-order valence-electron chi connectivity index (χ0n) is 9.70. The summed E-state index contributed by atoms with van der Waals surface area (Å²) in [7, 11) is 0. The van der Waals surface area contributed by atoms with E-state index in [2.05, 4.69) is 17.4 Å². The van der Waals surface area contributed by atoms with Gasteiger partial charge in [0.2, 0.25) is 0 Å². The molecule has 0 amide bonds. The predicted octanol–water partition coefficient (Wildman–Crippen LogP) is 4.68. The molecule has 2 rings (SSSR count). The van der Waals surface area contributed by atoms with Crippen molar-refractivity contribution in [3.05, 3.63) is 59.4 Å². The van der Waals surface area contributed by atoms with E-state index in [4.69, 9.17) is 11.6 Å². The van der Waals surface area contributed by atoms with E-state index < -0.39 is 0 Å². The molecule has 2 aromatic carbocycles. The normalized spacial score (nSPS) is 10.3. The van der Waals surface area contributed by atoms with E-state index in [0.29, 0.717) is 17.3 Å². The zero-order valence-corrected chi connectivity index (χ0v) is 11.3. The minimum atomic E-state index is -0.274. The molecular formula is C14H13ClFNS. The fourth-order valence-corrected chi connectivity index (χ4v) is 2.47. The Kier molecular flexibility index (Phi) is 4.90. The predicted molar refractivity (Wildman–Crippen MR) is 77.1 cm³/mol. The number of nitrogens with one attached hydrogen (secondary N) is 1. The molecule has 0 aromatic heterocycles. The first-order chi connectivity index (χ1) is 8.75. The number of halogens is 2. The maximum Gasteiger partial charge on any atom is 0.146 e. The summed E-state index contributed by atoms with van der Waals surface area (Å²) in [5.74, 6) is 0.597. The third-order valence-corrected chi connectivity index (χ3v) is 3.61. The molecule has 0 bridgehead atoms. The molecule has 0 aliphatic heterocycles. The summed E-state index contributed by atoms with van der Waals surface area (Å²) >= 11 is 7.55. The lowest BCUT2D eigenvalue weighted by Gasteiger charge is -2.07. The summed E-state index contributed by atoms with van der Waals surface area (Å²) in [6, 6.07) is 14.6. The Labute approximate surface area is 115 Å². The van der Waals surface area contributed by atoms with Crippen molar-refractivity contribution in [2.24, 2.45) is 0 Å². The molecule has 0 radical (unpaired) electrons.